The molecule has 0 heterocycles. The van der Waals surface area contributed by atoms with E-state index in [1.165, 1.54) is 19.2 Å². The van der Waals surface area contributed by atoms with Crippen molar-refractivity contribution >= 4 is 47.4 Å². The molecule has 0 fully saturated rings. The molecule has 6 heteroatoms. The second-order valence-electron chi connectivity index (χ2n) is 3.94. The van der Waals surface area contributed by atoms with Crippen molar-refractivity contribution in [2.24, 2.45) is 0 Å². The summed E-state index contributed by atoms with van der Waals surface area (Å²) in [6.45, 7) is 0. The summed E-state index contributed by atoms with van der Waals surface area (Å²) in [6.07, 6.45) is 0. The van der Waals surface area contributed by atoms with Crippen molar-refractivity contribution in [3.05, 3.63) is 52.0 Å². The molecule has 0 bridgehead atoms. The number of thiol groups is 1. The van der Waals surface area contributed by atoms with E-state index >= 15 is 0 Å². The van der Waals surface area contributed by atoms with Gasteiger partial charge in [-0.25, -0.2) is 0 Å². The molecule has 0 aliphatic rings. The van der Waals surface area contributed by atoms with Crippen LogP contribution in [0, 0.1) is 0 Å². The minimum absolute atomic E-state index is 0.282. The normalized spacial score (nSPS) is 10.2. The lowest BCUT2D eigenvalue weighted by Crippen LogP contribution is -2.12. The van der Waals surface area contributed by atoms with Crippen LogP contribution in [-0.4, -0.2) is 13.0 Å². The SMILES string of the molecule is COc1c(Cl)cc(C(=O)Nc2ccccc2S)cc1Cl. The Bertz CT molecular complexity index is 638. The van der Waals surface area contributed by atoms with Crippen LogP contribution in [0.4, 0.5) is 5.69 Å². The molecule has 2 aromatic rings. The number of methoxy groups -OCH3 is 1. The van der Waals surface area contributed by atoms with E-state index in [2.05, 4.69) is 17.9 Å². The minimum atomic E-state index is -0.321. The summed E-state index contributed by atoms with van der Waals surface area (Å²) in [7, 11) is 1.46. The third-order valence-electron chi connectivity index (χ3n) is 2.62. The number of ether oxygens (including phenoxy) is 1. The fourth-order valence-corrected chi connectivity index (χ4v) is 2.52. The summed E-state index contributed by atoms with van der Waals surface area (Å²) in [5.74, 6) is 0.0254. The Morgan fingerprint density at radius 2 is 1.80 bits per heavy atom. The highest BCUT2D eigenvalue weighted by Gasteiger charge is 2.14. The topological polar surface area (TPSA) is 38.3 Å². The lowest BCUT2D eigenvalue weighted by molar-refractivity contribution is 0.102. The molecule has 0 aliphatic heterocycles. The minimum Gasteiger partial charge on any atom is -0.494 e. The molecule has 104 valence electrons. The zero-order chi connectivity index (χ0) is 14.7. The monoisotopic (exact) mass is 327 g/mol. The van der Waals surface area contributed by atoms with Crippen molar-refractivity contribution in [1.82, 2.24) is 0 Å². The molecule has 0 atom stereocenters. The average Bonchev–Trinajstić information content (AvgIpc) is 2.41. The zero-order valence-corrected chi connectivity index (χ0v) is 12.9. The van der Waals surface area contributed by atoms with E-state index < -0.39 is 0 Å². The zero-order valence-electron chi connectivity index (χ0n) is 10.5. The molecule has 1 amide bonds. The molecule has 0 aliphatic carbocycles. The van der Waals surface area contributed by atoms with Gasteiger partial charge in [0.1, 0.15) is 0 Å². The molecule has 0 unspecified atom stereocenters. The van der Waals surface area contributed by atoms with Crippen molar-refractivity contribution in [2.45, 2.75) is 4.90 Å². The number of amides is 1. The molecule has 2 aromatic carbocycles. The Morgan fingerprint density at radius 1 is 1.20 bits per heavy atom. The van der Waals surface area contributed by atoms with Gasteiger partial charge in [0.15, 0.2) is 5.75 Å². The van der Waals surface area contributed by atoms with E-state index in [4.69, 9.17) is 27.9 Å². The van der Waals surface area contributed by atoms with Gasteiger partial charge in [-0.1, -0.05) is 35.3 Å². The number of nitrogens with one attached hydrogen (secondary N) is 1. The van der Waals surface area contributed by atoms with E-state index in [-0.39, 0.29) is 16.0 Å². The summed E-state index contributed by atoms with van der Waals surface area (Å²) >= 11 is 16.3. The van der Waals surface area contributed by atoms with Crippen molar-refractivity contribution in [3.8, 4) is 5.75 Å². The van der Waals surface area contributed by atoms with Gasteiger partial charge >= 0.3 is 0 Å². The number of benzene rings is 2. The van der Waals surface area contributed by atoms with Crippen LogP contribution in [-0.2, 0) is 0 Å². The van der Waals surface area contributed by atoms with Crippen molar-refractivity contribution in [2.75, 3.05) is 12.4 Å². The van der Waals surface area contributed by atoms with E-state index in [1.807, 2.05) is 12.1 Å². The largest absolute Gasteiger partial charge is 0.494 e. The lowest BCUT2D eigenvalue weighted by Gasteiger charge is -2.10. The highest BCUT2D eigenvalue weighted by atomic mass is 35.5. The van der Waals surface area contributed by atoms with Crippen LogP contribution in [0.15, 0.2) is 41.3 Å². The number of carbonyl (C=O) groups excluding carboxylic acids is 1. The molecule has 0 aromatic heterocycles. The van der Waals surface area contributed by atoms with Crippen molar-refractivity contribution in [1.29, 1.82) is 0 Å². The maximum absolute atomic E-state index is 12.2. The van der Waals surface area contributed by atoms with Crippen molar-refractivity contribution in [3.63, 3.8) is 0 Å². The fourth-order valence-electron chi connectivity index (χ4n) is 1.66. The number of hydrogen-bond acceptors (Lipinski definition) is 3. The Kier molecular flexibility index (Phi) is 4.81. The Labute approximate surface area is 132 Å². The van der Waals surface area contributed by atoms with E-state index in [9.17, 15) is 4.79 Å². The number of hydrogen-bond donors (Lipinski definition) is 2. The number of anilines is 1. The van der Waals surface area contributed by atoms with Gasteiger partial charge in [0.2, 0.25) is 0 Å². The Hall–Kier alpha value is -1.36. The summed E-state index contributed by atoms with van der Waals surface area (Å²) in [4.78, 5) is 12.8. The smallest absolute Gasteiger partial charge is 0.255 e. The molecule has 1 N–H and O–H groups in total. The predicted octanol–water partition coefficient (Wildman–Crippen LogP) is 4.54. The van der Waals surface area contributed by atoms with Crippen LogP contribution in [0.5, 0.6) is 5.75 Å². The van der Waals surface area contributed by atoms with Crippen molar-refractivity contribution < 1.29 is 9.53 Å². The van der Waals surface area contributed by atoms with Gasteiger partial charge in [0.05, 0.1) is 22.8 Å². The fraction of sp³-hybridized carbons (Fsp3) is 0.0714. The van der Waals surface area contributed by atoms with Gasteiger partial charge in [-0.2, -0.15) is 0 Å². The van der Waals surface area contributed by atoms with Gasteiger partial charge in [0, 0.05) is 10.5 Å². The molecular weight excluding hydrogens is 317 g/mol. The summed E-state index contributed by atoms with van der Waals surface area (Å²) in [5, 5.41) is 3.31. The molecule has 3 nitrogen and oxygen atoms in total. The van der Waals surface area contributed by atoms with Crippen LogP contribution in [0.2, 0.25) is 10.0 Å². The second-order valence-corrected chi connectivity index (χ2v) is 5.24. The van der Waals surface area contributed by atoms with Crippen LogP contribution in [0.25, 0.3) is 0 Å². The van der Waals surface area contributed by atoms with E-state index in [1.54, 1.807) is 12.1 Å². The van der Waals surface area contributed by atoms with Gasteiger partial charge in [-0.05, 0) is 24.3 Å². The highest BCUT2D eigenvalue weighted by molar-refractivity contribution is 7.80. The first-order chi connectivity index (χ1) is 9.52. The predicted molar refractivity (Wildman–Crippen MR) is 84.7 cm³/mol. The number of halogens is 2. The first kappa shape index (κ1) is 15.0. The molecule has 0 radical (unpaired) electrons. The molecule has 0 saturated heterocycles. The van der Waals surface area contributed by atoms with Crippen LogP contribution in [0.1, 0.15) is 10.4 Å². The quantitative estimate of drug-likeness (QED) is 0.812. The molecule has 20 heavy (non-hydrogen) atoms. The third-order valence-corrected chi connectivity index (χ3v) is 3.57. The van der Waals surface area contributed by atoms with Crippen LogP contribution < -0.4 is 10.1 Å². The molecule has 2 rings (SSSR count). The number of para-hydroxylation sites is 1. The summed E-state index contributed by atoms with van der Waals surface area (Å²) < 4.78 is 5.04. The second kappa shape index (κ2) is 6.39. The standard InChI is InChI=1S/C14H11Cl2NO2S/c1-19-13-9(15)6-8(7-10(13)16)14(18)17-11-4-2-3-5-12(11)20/h2-7,20H,1H3,(H,17,18). The number of rotatable bonds is 3. The Balaban J connectivity index is 2.29. The molecule has 0 spiro atoms. The van der Waals surface area contributed by atoms with Crippen LogP contribution in [0.3, 0.4) is 0 Å². The van der Waals surface area contributed by atoms with Gasteiger partial charge < -0.3 is 10.1 Å². The number of carbonyl (C=O) groups is 1. The maximum atomic E-state index is 12.2. The molecule has 0 saturated carbocycles. The average molecular weight is 328 g/mol. The lowest BCUT2D eigenvalue weighted by atomic mass is 10.2. The molecular formula is C14H11Cl2NO2S. The van der Waals surface area contributed by atoms with E-state index in [0.717, 1.165) is 0 Å². The summed E-state index contributed by atoms with van der Waals surface area (Å²) in [5.41, 5.74) is 0.960. The first-order valence-corrected chi connectivity index (χ1v) is 6.85. The summed E-state index contributed by atoms with van der Waals surface area (Å²) in [6, 6.07) is 10.2. The third kappa shape index (κ3) is 3.20. The van der Waals surface area contributed by atoms with Gasteiger partial charge in [-0.3, -0.25) is 4.79 Å². The maximum Gasteiger partial charge on any atom is 0.255 e. The van der Waals surface area contributed by atoms with Gasteiger partial charge in [-0.15, -0.1) is 12.6 Å². The highest BCUT2D eigenvalue weighted by Crippen LogP contribution is 2.34. The van der Waals surface area contributed by atoms with Crippen LogP contribution >= 0.6 is 35.8 Å². The van der Waals surface area contributed by atoms with E-state index in [0.29, 0.717) is 21.9 Å². The first-order valence-electron chi connectivity index (χ1n) is 5.65. The Morgan fingerprint density at radius 3 is 2.35 bits per heavy atom. The van der Waals surface area contributed by atoms with Gasteiger partial charge in [0.25, 0.3) is 5.91 Å².